The van der Waals surface area contributed by atoms with Gasteiger partial charge in [-0.3, -0.25) is 15.1 Å². The van der Waals surface area contributed by atoms with E-state index in [4.69, 9.17) is 5.41 Å². The summed E-state index contributed by atoms with van der Waals surface area (Å²) >= 11 is 1.42. The molecule has 0 bridgehead atoms. The van der Waals surface area contributed by atoms with Crippen molar-refractivity contribution in [2.45, 2.75) is 36.6 Å². The van der Waals surface area contributed by atoms with Crippen molar-refractivity contribution < 1.29 is 9.18 Å². The molecule has 0 spiro atoms. The number of carbonyl (C=O) groups excluding carboxylic acids is 1. The van der Waals surface area contributed by atoms with Gasteiger partial charge in [-0.15, -0.1) is 11.3 Å². The Hall–Kier alpha value is -4.01. The smallest absolute Gasteiger partial charge is 0.239 e. The van der Waals surface area contributed by atoms with Gasteiger partial charge in [0.1, 0.15) is 5.82 Å². The molecule has 1 aliphatic carbocycles. The van der Waals surface area contributed by atoms with Crippen LogP contribution in [0.4, 0.5) is 4.39 Å². The van der Waals surface area contributed by atoms with Crippen LogP contribution in [0.25, 0.3) is 11.1 Å². The normalized spacial score (nSPS) is 22.8. The van der Waals surface area contributed by atoms with Crippen LogP contribution < -0.4 is 5.32 Å². The third kappa shape index (κ3) is 3.67. The fourth-order valence-electron chi connectivity index (χ4n) is 4.80. The van der Waals surface area contributed by atoms with Crippen LogP contribution in [0.5, 0.6) is 0 Å². The van der Waals surface area contributed by atoms with Crippen molar-refractivity contribution >= 4 is 23.2 Å². The van der Waals surface area contributed by atoms with E-state index in [1.165, 1.54) is 28.4 Å². The molecule has 2 fully saturated rings. The van der Waals surface area contributed by atoms with Crippen molar-refractivity contribution in [3.63, 3.8) is 0 Å². The molecule has 0 radical (unpaired) electrons. The number of carbonyl (C=O) groups is 1. The summed E-state index contributed by atoms with van der Waals surface area (Å²) in [5, 5.41) is 32.2. The molecule has 2 atom stereocenters. The number of hydrogen-bond donors (Lipinski definition) is 2. The minimum absolute atomic E-state index is 0.000689. The Morgan fingerprint density at radius 2 is 1.86 bits per heavy atom. The Morgan fingerprint density at radius 3 is 2.49 bits per heavy atom. The van der Waals surface area contributed by atoms with E-state index in [2.05, 4.69) is 11.4 Å². The number of hydrogen-bond acceptors (Lipinski definition) is 5. The lowest BCUT2D eigenvalue weighted by Crippen LogP contribution is -2.62. The predicted octanol–water partition coefficient (Wildman–Crippen LogP) is 4.98. The first-order valence-corrected chi connectivity index (χ1v) is 12.0. The quantitative estimate of drug-likeness (QED) is 0.546. The minimum atomic E-state index is -0.928. The van der Waals surface area contributed by atoms with Crippen molar-refractivity contribution in [3.05, 3.63) is 81.3 Å². The number of thiophene rings is 1. The van der Waals surface area contributed by atoms with Gasteiger partial charge >= 0.3 is 0 Å². The van der Waals surface area contributed by atoms with E-state index in [-0.39, 0.29) is 17.4 Å². The molecule has 3 aromatic rings. The Balaban J connectivity index is 1.57. The van der Waals surface area contributed by atoms with Crippen LogP contribution in [-0.4, -0.2) is 23.8 Å². The number of nitrogens with one attached hydrogen (secondary N) is 2. The Labute approximate surface area is 206 Å². The molecule has 1 amide bonds. The number of halogens is 1. The number of nitrogens with zero attached hydrogens (tertiary/aromatic N) is 3. The van der Waals surface area contributed by atoms with Crippen LogP contribution in [0.15, 0.2) is 53.9 Å². The highest BCUT2D eigenvalue weighted by atomic mass is 32.1. The maximum absolute atomic E-state index is 14.1. The van der Waals surface area contributed by atoms with Crippen LogP contribution >= 0.6 is 11.3 Å². The van der Waals surface area contributed by atoms with Gasteiger partial charge in [-0.25, -0.2) is 4.39 Å². The van der Waals surface area contributed by atoms with Crippen molar-refractivity contribution in [1.82, 2.24) is 10.2 Å². The molecule has 2 heterocycles. The highest BCUT2D eigenvalue weighted by molar-refractivity contribution is 7.10. The number of likely N-dealkylation sites (N-methyl/N-ethyl adjacent to an activating group) is 1. The van der Waals surface area contributed by atoms with Gasteiger partial charge in [-0.05, 0) is 71.7 Å². The van der Waals surface area contributed by atoms with Crippen LogP contribution in [0.2, 0.25) is 0 Å². The number of amides is 1. The van der Waals surface area contributed by atoms with Crippen LogP contribution in [0.3, 0.4) is 0 Å². The zero-order chi connectivity index (χ0) is 25.0. The van der Waals surface area contributed by atoms with Gasteiger partial charge in [0.05, 0.1) is 34.6 Å². The van der Waals surface area contributed by atoms with E-state index < -0.39 is 22.7 Å². The average molecular weight is 484 g/mol. The van der Waals surface area contributed by atoms with Gasteiger partial charge in [0.2, 0.25) is 5.91 Å². The number of nitriles is 2. The molecule has 1 saturated heterocycles. The molecule has 1 aliphatic heterocycles. The Kier molecular flexibility index (Phi) is 5.23. The number of guanidine groups is 1. The molecule has 1 aromatic heterocycles. The first-order chi connectivity index (χ1) is 16.7. The van der Waals surface area contributed by atoms with Gasteiger partial charge in [-0.1, -0.05) is 24.3 Å². The molecule has 1 saturated carbocycles. The van der Waals surface area contributed by atoms with Crippen molar-refractivity contribution in [2.75, 3.05) is 7.05 Å². The molecular formula is C27H22FN5OS. The molecule has 2 aliphatic rings. The SMILES string of the molecule is CN1C(=N)N[C@](C)(c2cc(-c3cc(F)cc(C#N)c3)cs2)[C@H](c2ccc(C3(C#N)CC3)cc2)C1=O. The maximum atomic E-state index is 14.1. The summed E-state index contributed by atoms with van der Waals surface area (Å²) in [6.07, 6.45) is 1.69. The summed E-state index contributed by atoms with van der Waals surface area (Å²) < 4.78 is 14.1. The zero-order valence-corrected chi connectivity index (χ0v) is 20.0. The Morgan fingerprint density at radius 1 is 1.14 bits per heavy atom. The lowest BCUT2D eigenvalue weighted by molar-refractivity contribution is -0.131. The summed E-state index contributed by atoms with van der Waals surface area (Å²) in [4.78, 5) is 15.6. The Bertz CT molecular complexity index is 1440. The van der Waals surface area contributed by atoms with Crippen molar-refractivity contribution in [2.24, 2.45) is 0 Å². The standard InChI is InChI=1S/C27H22FN5OS/c1-26(22-12-19(14-35-22)18-9-16(13-29)10-21(28)11-18)23(24(34)33(2)25(31)32-26)17-3-5-20(6-4-17)27(15-30)7-8-27/h3-6,9-12,14,23H,7-8H2,1-2H3,(H2,31,32)/t23-,26-/m1/s1. The van der Waals surface area contributed by atoms with Crippen LogP contribution in [0.1, 0.15) is 47.3 Å². The lowest BCUT2D eigenvalue weighted by Gasteiger charge is -2.45. The van der Waals surface area contributed by atoms with Gasteiger partial charge in [0, 0.05) is 11.9 Å². The molecule has 5 rings (SSSR count). The maximum Gasteiger partial charge on any atom is 0.239 e. The minimum Gasteiger partial charge on any atom is -0.345 e. The van der Waals surface area contributed by atoms with E-state index in [1.54, 1.807) is 13.1 Å². The second-order valence-electron chi connectivity index (χ2n) is 9.36. The third-order valence-corrected chi connectivity index (χ3v) is 8.27. The predicted molar refractivity (Wildman–Crippen MR) is 131 cm³/mol. The molecule has 8 heteroatoms. The van der Waals surface area contributed by atoms with Gasteiger partial charge in [0.25, 0.3) is 0 Å². The molecular weight excluding hydrogens is 461 g/mol. The van der Waals surface area contributed by atoms with Crippen molar-refractivity contribution in [3.8, 4) is 23.3 Å². The zero-order valence-electron chi connectivity index (χ0n) is 19.2. The summed E-state index contributed by atoms with van der Waals surface area (Å²) in [5.74, 6) is -1.32. The molecule has 174 valence electrons. The van der Waals surface area contributed by atoms with Gasteiger partial charge in [0.15, 0.2) is 5.96 Å². The van der Waals surface area contributed by atoms with Crippen molar-refractivity contribution in [1.29, 1.82) is 15.9 Å². The van der Waals surface area contributed by atoms with E-state index in [0.29, 0.717) is 5.56 Å². The molecule has 6 nitrogen and oxygen atoms in total. The first kappa shape index (κ1) is 22.8. The fraction of sp³-hybridized carbons (Fsp3) is 0.259. The molecule has 2 aromatic carbocycles. The second kappa shape index (κ2) is 8.04. The van der Waals surface area contributed by atoms with E-state index in [9.17, 15) is 19.7 Å². The third-order valence-electron chi connectivity index (χ3n) is 7.10. The molecule has 2 N–H and O–H groups in total. The number of benzene rings is 2. The van der Waals surface area contributed by atoms with Crippen LogP contribution in [0, 0.1) is 33.9 Å². The number of rotatable bonds is 4. The summed E-state index contributed by atoms with van der Waals surface area (Å²) in [7, 11) is 1.57. The van der Waals surface area contributed by atoms with Gasteiger partial charge < -0.3 is 5.32 Å². The highest BCUT2D eigenvalue weighted by Gasteiger charge is 2.50. The van der Waals surface area contributed by atoms with Crippen LogP contribution in [-0.2, 0) is 15.7 Å². The lowest BCUT2D eigenvalue weighted by atomic mass is 9.76. The monoisotopic (exact) mass is 483 g/mol. The van der Waals surface area contributed by atoms with E-state index in [1.807, 2.05) is 48.7 Å². The summed E-state index contributed by atoms with van der Waals surface area (Å²) in [5.41, 5.74) is 1.95. The fourth-order valence-corrected chi connectivity index (χ4v) is 5.86. The summed E-state index contributed by atoms with van der Waals surface area (Å²) in [6, 6.07) is 18.1. The second-order valence-corrected chi connectivity index (χ2v) is 10.3. The van der Waals surface area contributed by atoms with E-state index in [0.717, 1.165) is 34.4 Å². The largest absolute Gasteiger partial charge is 0.345 e. The average Bonchev–Trinajstić information content (AvgIpc) is 3.49. The first-order valence-electron chi connectivity index (χ1n) is 11.2. The topological polar surface area (TPSA) is 104 Å². The van der Waals surface area contributed by atoms with Gasteiger partial charge in [-0.2, -0.15) is 10.5 Å². The molecule has 35 heavy (non-hydrogen) atoms. The van der Waals surface area contributed by atoms with E-state index >= 15 is 0 Å². The molecule has 0 unspecified atom stereocenters. The highest BCUT2D eigenvalue weighted by Crippen LogP contribution is 2.49. The summed E-state index contributed by atoms with van der Waals surface area (Å²) in [6.45, 7) is 1.89.